The topological polar surface area (TPSA) is 122 Å². The number of aromatic amines is 1. The van der Waals surface area contributed by atoms with Gasteiger partial charge in [-0.3, -0.25) is 24.2 Å². The number of anilines is 1. The lowest BCUT2D eigenvalue weighted by Crippen LogP contribution is -2.45. The minimum absolute atomic E-state index is 0.128. The van der Waals surface area contributed by atoms with Crippen LogP contribution in [-0.4, -0.2) is 72.5 Å². The number of morpholine rings is 1. The van der Waals surface area contributed by atoms with Gasteiger partial charge in [0.15, 0.2) is 0 Å². The first-order valence-electron chi connectivity index (χ1n) is 11.4. The molecule has 180 valence electrons. The Morgan fingerprint density at radius 3 is 3.00 bits per heavy atom. The number of ether oxygens (including phenoxy) is 1. The molecule has 0 unspecified atom stereocenters. The second kappa shape index (κ2) is 8.56. The molecule has 0 aliphatic carbocycles. The van der Waals surface area contributed by atoms with E-state index in [1.54, 1.807) is 27.7 Å². The van der Waals surface area contributed by atoms with Gasteiger partial charge in [-0.1, -0.05) is 6.92 Å². The van der Waals surface area contributed by atoms with Gasteiger partial charge in [0.1, 0.15) is 21.3 Å². The Bertz CT molecular complexity index is 1630. The van der Waals surface area contributed by atoms with Gasteiger partial charge in [-0.2, -0.15) is 10.2 Å². The van der Waals surface area contributed by atoms with Crippen molar-refractivity contribution in [2.45, 2.75) is 19.4 Å². The number of aryl methyl sites for hydroxylation is 1. The van der Waals surface area contributed by atoms with Gasteiger partial charge >= 0.3 is 0 Å². The number of aromatic nitrogens is 6. The van der Waals surface area contributed by atoms with E-state index < -0.39 is 0 Å². The number of carbonyl (C=O) groups is 1. The molecule has 6 rings (SSSR count). The Morgan fingerprint density at radius 1 is 1.31 bits per heavy atom. The fraction of sp³-hybridized carbons (Fsp3) is 0.348. The first-order chi connectivity index (χ1) is 17.0. The zero-order valence-corrected chi connectivity index (χ0v) is 20.1. The van der Waals surface area contributed by atoms with E-state index in [0.29, 0.717) is 34.2 Å². The summed E-state index contributed by atoms with van der Waals surface area (Å²) in [4.78, 5) is 36.9. The summed E-state index contributed by atoms with van der Waals surface area (Å²) in [5.74, 6) is -0.128. The highest BCUT2D eigenvalue weighted by Crippen LogP contribution is 2.33. The van der Waals surface area contributed by atoms with Crippen LogP contribution in [0.4, 0.5) is 5.69 Å². The van der Waals surface area contributed by atoms with Crippen LogP contribution in [0.1, 0.15) is 13.3 Å². The number of carbonyl (C=O) groups excluding carboxylic acids is 1. The van der Waals surface area contributed by atoms with Crippen LogP contribution in [0.3, 0.4) is 0 Å². The zero-order chi connectivity index (χ0) is 24.1. The van der Waals surface area contributed by atoms with Gasteiger partial charge in [-0.05, 0) is 12.5 Å². The van der Waals surface area contributed by atoms with Gasteiger partial charge in [0.05, 0.1) is 47.7 Å². The maximum atomic E-state index is 13.0. The molecule has 5 aromatic rings. The standard InChI is InChI=1S/C23H24N8O3S/c1-3-15-10-30(4-5-34-15)12-18(32)26-14-6-16-20(24-8-14)21-19(22(33)27-16)23-31(28-21)11-17(35-23)13-7-25-29(2)9-13/h6-9,11,15H,3-5,10,12H2,1-2H3,(H,26,32)(H,27,33)/t15-/m1/s1. The molecule has 0 bridgehead atoms. The van der Waals surface area contributed by atoms with Crippen molar-refractivity contribution in [3.05, 3.63) is 41.2 Å². The Kier molecular flexibility index (Phi) is 5.35. The summed E-state index contributed by atoms with van der Waals surface area (Å²) in [6.07, 6.45) is 8.28. The molecule has 1 fully saturated rings. The molecule has 1 saturated heterocycles. The molecular weight excluding hydrogens is 468 g/mol. The van der Waals surface area contributed by atoms with Crippen LogP contribution >= 0.6 is 11.3 Å². The summed E-state index contributed by atoms with van der Waals surface area (Å²) in [5.41, 5.74) is 2.88. The van der Waals surface area contributed by atoms with Crippen molar-refractivity contribution in [3.8, 4) is 10.4 Å². The number of pyridine rings is 2. The second-order valence-corrected chi connectivity index (χ2v) is 9.76. The number of nitrogens with one attached hydrogen (secondary N) is 2. The SMILES string of the molecule is CC[C@@H]1CN(CC(=O)Nc2cnc3c(c2)[nH]c(=O)c2c3nn3cc(-c4cnn(C)c4)sc23)CCO1. The molecule has 1 aliphatic heterocycles. The van der Waals surface area contributed by atoms with E-state index in [2.05, 4.69) is 37.3 Å². The number of rotatable bonds is 5. The van der Waals surface area contributed by atoms with Crippen LogP contribution < -0.4 is 10.9 Å². The van der Waals surface area contributed by atoms with Crippen LogP contribution in [-0.2, 0) is 16.6 Å². The monoisotopic (exact) mass is 492 g/mol. The van der Waals surface area contributed by atoms with Crippen molar-refractivity contribution >= 4 is 49.7 Å². The van der Waals surface area contributed by atoms with Gasteiger partial charge in [-0.25, -0.2) is 4.52 Å². The molecule has 11 nitrogen and oxygen atoms in total. The van der Waals surface area contributed by atoms with Gasteiger partial charge in [0.25, 0.3) is 5.56 Å². The predicted molar refractivity (Wildman–Crippen MR) is 134 cm³/mol. The van der Waals surface area contributed by atoms with E-state index >= 15 is 0 Å². The smallest absolute Gasteiger partial charge is 0.261 e. The molecule has 1 atom stereocenters. The molecule has 35 heavy (non-hydrogen) atoms. The lowest BCUT2D eigenvalue weighted by Gasteiger charge is -2.31. The Labute approximate surface area is 203 Å². The summed E-state index contributed by atoms with van der Waals surface area (Å²) in [6, 6.07) is 1.73. The molecule has 0 aromatic carbocycles. The number of fused-ring (bicyclic) bond motifs is 5. The molecule has 0 saturated carbocycles. The number of H-pyrrole nitrogens is 1. The van der Waals surface area contributed by atoms with Gasteiger partial charge < -0.3 is 15.0 Å². The number of nitrogens with zero attached hydrogens (tertiary/aromatic N) is 6. The fourth-order valence-electron chi connectivity index (χ4n) is 4.47. The maximum absolute atomic E-state index is 13.0. The first kappa shape index (κ1) is 21.9. The number of thiazole rings is 1. The number of hydrogen-bond donors (Lipinski definition) is 2. The lowest BCUT2D eigenvalue weighted by molar-refractivity contribution is -0.119. The molecule has 2 N–H and O–H groups in total. The first-order valence-corrected chi connectivity index (χ1v) is 12.3. The number of hydrogen-bond acceptors (Lipinski definition) is 8. The van der Waals surface area contributed by atoms with Crippen molar-refractivity contribution in [3.63, 3.8) is 0 Å². The molecule has 5 aromatic heterocycles. The van der Waals surface area contributed by atoms with E-state index in [1.807, 2.05) is 19.4 Å². The fourth-order valence-corrected chi connectivity index (χ4v) is 5.54. The molecule has 6 heterocycles. The van der Waals surface area contributed by atoms with Crippen molar-refractivity contribution in [1.82, 2.24) is 34.3 Å². The van der Waals surface area contributed by atoms with Crippen molar-refractivity contribution in [2.24, 2.45) is 7.05 Å². The van der Waals surface area contributed by atoms with E-state index in [-0.39, 0.29) is 24.1 Å². The molecule has 1 amide bonds. The molecule has 0 radical (unpaired) electrons. The number of amides is 1. The molecule has 12 heteroatoms. The van der Waals surface area contributed by atoms with Crippen LogP contribution in [0, 0.1) is 0 Å². The van der Waals surface area contributed by atoms with E-state index in [1.165, 1.54) is 11.3 Å². The predicted octanol–water partition coefficient (Wildman–Crippen LogP) is 2.24. The van der Waals surface area contributed by atoms with Crippen molar-refractivity contribution in [2.75, 3.05) is 31.6 Å². The Balaban J connectivity index is 1.29. The highest BCUT2D eigenvalue weighted by molar-refractivity contribution is 7.21. The quantitative estimate of drug-likeness (QED) is 0.386. The summed E-state index contributed by atoms with van der Waals surface area (Å²) in [7, 11) is 1.86. The molecule has 0 spiro atoms. The van der Waals surface area contributed by atoms with Crippen LogP contribution in [0.25, 0.3) is 37.2 Å². The summed E-state index contributed by atoms with van der Waals surface area (Å²) in [5, 5.41) is 12.3. The average Bonchev–Trinajstić information content (AvgIpc) is 3.53. The largest absolute Gasteiger partial charge is 0.376 e. The summed E-state index contributed by atoms with van der Waals surface area (Å²) >= 11 is 1.48. The Hall–Kier alpha value is -3.61. The summed E-state index contributed by atoms with van der Waals surface area (Å²) in [6.45, 7) is 4.46. The summed E-state index contributed by atoms with van der Waals surface area (Å²) < 4.78 is 9.12. The van der Waals surface area contributed by atoms with Gasteiger partial charge in [0, 0.05) is 38.1 Å². The third-order valence-electron chi connectivity index (χ3n) is 6.22. The highest BCUT2D eigenvalue weighted by Gasteiger charge is 2.21. The minimum Gasteiger partial charge on any atom is -0.376 e. The van der Waals surface area contributed by atoms with Crippen LogP contribution in [0.15, 0.2) is 35.6 Å². The lowest BCUT2D eigenvalue weighted by atomic mass is 10.2. The Morgan fingerprint density at radius 2 is 2.20 bits per heavy atom. The third-order valence-corrected chi connectivity index (χ3v) is 7.36. The van der Waals surface area contributed by atoms with Gasteiger partial charge in [-0.15, -0.1) is 11.3 Å². The van der Waals surface area contributed by atoms with Crippen LogP contribution in [0.5, 0.6) is 0 Å². The normalized spacial score (nSPS) is 17.0. The van der Waals surface area contributed by atoms with E-state index in [0.717, 1.165) is 34.8 Å². The molecule has 1 aliphatic rings. The van der Waals surface area contributed by atoms with Crippen molar-refractivity contribution in [1.29, 1.82) is 0 Å². The highest BCUT2D eigenvalue weighted by atomic mass is 32.1. The third kappa shape index (κ3) is 3.99. The average molecular weight is 493 g/mol. The zero-order valence-electron chi connectivity index (χ0n) is 19.3. The second-order valence-electron chi connectivity index (χ2n) is 8.73. The van der Waals surface area contributed by atoms with Crippen molar-refractivity contribution < 1.29 is 9.53 Å². The maximum Gasteiger partial charge on any atom is 0.261 e. The van der Waals surface area contributed by atoms with Gasteiger partial charge in [0.2, 0.25) is 5.91 Å². The minimum atomic E-state index is -0.244. The van der Waals surface area contributed by atoms with E-state index in [9.17, 15) is 9.59 Å². The van der Waals surface area contributed by atoms with E-state index in [4.69, 9.17) is 4.74 Å². The van der Waals surface area contributed by atoms with Crippen LogP contribution in [0.2, 0.25) is 0 Å². The molecular formula is C23H24N8O3S.